The molecule has 0 aromatic carbocycles. The van der Waals surface area contributed by atoms with Crippen LogP contribution < -0.4 is 0 Å². The zero-order valence-corrected chi connectivity index (χ0v) is 7.68. The fourth-order valence-electron chi connectivity index (χ4n) is 0. The van der Waals surface area contributed by atoms with Crippen LogP contribution in [-0.2, 0) is 0 Å². The normalized spacial score (nSPS) is 6.75. The summed E-state index contributed by atoms with van der Waals surface area (Å²) in [5, 5.41) is 86.0. The van der Waals surface area contributed by atoms with Crippen molar-refractivity contribution in [3.63, 3.8) is 0 Å². The topological polar surface area (TPSA) is 243 Å². The monoisotopic (exact) mass is 258 g/mol. The van der Waals surface area contributed by atoms with E-state index in [4.69, 9.17) is 60.3 Å². The standard InChI is InChI=1S/4BH3O3.5H2/c4*2-1(3)4;;;;;/h4*2-4H;5*1H. The summed E-state index contributed by atoms with van der Waals surface area (Å²) in [6.45, 7) is 0. The summed E-state index contributed by atoms with van der Waals surface area (Å²) >= 11 is 0. The molecular formula is H22B4O12. The lowest BCUT2D eigenvalue weighted by Crippen LogP contribution is -2.07. The molecule has 16 heavy (non-hydrogen) atoms. The minimum Gasteiger partial charge on any atom is -0.402 e. The van der Waals surface area contributed by atoms with Crippen LogP contribution in [0.4, 0.5) is 0 Å². The van der Waals surface area contributed by atoms with Crippen LogP contribution in [0, 0.1) is 0 Å². The Kier molecular flexibility index (Phi) is 31.4. The third kappa shape index (κ3) is 46400. The van der Waals surface area contributed by atoms with E-state index in [1.165, 1.54) is 0 Å². The maximum Gasteiger partial charge on any atom is 0.631 e. The first kappa shape index (κ1) is 24.8. The summed E-state index contributed by atoms with van der Waals surface area (Å²) in [5.74, 6) is 0. The van der Waals surface area contributed by atoms with Crippen molar-refractivity contribution in [2.75, 3.05) is 0 Å². The second kappa shape index (κ2) is 20.2. The smallest absolute Gasteiger partial charge is 0.402 e. The predicted molar refractivity (Wildman–Crippen MR) is 60.2 cm³/mol. The number of hydrogen-bond donors (Lipinski definition) is 12. The molecule has 0 aromatic heterocycles. The van der Waals surface area contributed by atoms with Gasteiger partial charge in [0.25, 0.3) is 0 Å². The fourth-order valence-corrected chi connectivity index (χ4v) is 0. The lowest BCUT2D eigenvalue weighted by atomic mass is 10.3. The zero-order chi connectivity index (χ0) is 14.3. The van der Waals surface area contributed by atoms with E-state index < -0.39 is 29.3 Å². The van der Waals surface area contributed by atoms with Gasteiger partial charge in [-0.25, -0.2) is 0 Å². The average molecular weight is 257 g/mol. The molecule has 0 heterocycles. The average Bonchev–Trinajstić information content (AvgIpc) is 1.76. The molecule has 0 saturated carbocycles. The maximum absolute atomic E-state index is 7.17. The van der Waals surface area contributed by atoms with Gasteiger partial charge in [0, 0.05) is 7.13 Å². The highest BCUT2D eigenvalue weighted by Gasteiger charge is 1.93. The molecule has 12 N–H and O–H groups in total. The molecule has 0 saturated heterocycles. The molecule has 0 aliphatic heterocycles. The first-order valence-electron chi connectivity index (χ1n) is 3.10. The minimum absolute atomic E-state index is 0. The van der Waals surface area contributed by atoms with Gasteiger partial charge in [-0.1, -0.05) is 0 Å². The molecule has 0 unspecified atom stereocenters. The second-order valence-corrected chi connectivity index (χ2v) is 1.39. The highest BCUT2D eigenvalue weighted by molar-refractivity contribution is 6.31. The van der Waals surface area contributed by atoms with Gasteiger partial charge >= 0.3 is 29.3 Å². The van der Waals surface area contributed by atoms with Gasteiger partial charge in [-0.3, -0.25) is 0 Å². The molecule has 0 fully saturated rings. The largest absolute Gasteiger partial charge is 0.631 e. The quantitative estimate of drug-likeness (QED) is 0.181. The Bertz CT molecular complexity index is 72.6. The summed E-state index contributed by atoms with van der Waals surface area (Å²) in [5.41, 5.74) is 0. The van der Waals surface area contributed by atoms with Crippen molar-refractivity contribution in [3.8, 4) is 0 Å². The van der Waals surface area contributed by atoms with Crippen LogP contribution in [0.25, 0.3) is 0 Å². The fraction of sp³-hybridized carbons (Fsp3) is 0. The highest BCUT2D eigenvalue weighted by atomic mass is 16.5. The summed E-state index contributed by atoms with van der Waals surface area (Å²) in [7, 11) is -8.67. The Morgan fingerprint density at radius 3 is 0.312 bits per heavy atom. The number of hydrogen-bond acceptors (Lipinski definition) is 12. The molecule has 106 valence electrons. The van der Waals surface area contributed by atoms with Gasteiger partial charge < -0.3 is 60.3 Å². The molecule has 0 aliphatic rings. The van der Waals surface area contributed by atoms with Gasteiger partial charge in [-0.15, -0.1) is 0 Å². The Hall–Kier alpha value is -0.220. The van der Waals surface area contributed by atoms with Crippen molar-refractivity contribution < 1.29 is 67.4 Å². The molecule has 0 aliphatic carbocycles. The van der Waals surface area contributed by atoms with E-state index >= 15 is 0 Å². The lowest BCUT2D eigenvalue weighted by Gasteiger charge is -1.69. The molecule has 0 rings (SSSR count). The summed E-state index contributed by atoms with van der Waals surface area (Å²) in [4.78, 5) is 0. The van der Waals surface area contributed by atoms with E-state index in [0.717, 1.165) is 0 Å². The van der Waals surface area contributed by atoms with E-state index in [9.17, 15) is 0 Å². The Balaban J connectivity index is -0.0000000121. The lowest BCUT2D eigenvalue weighted by molar-refractivity contribution is 0.276. The molecule has 0 amide bonds. The molecule has 0 radical (unpaired) electrons. The van der Waals surface area contributed by atoms with Crippen LogP contribution in [-0.4, -0.2) is 89.6 Å². The molecule has 12 nitrogen and oxygen atoms in total. The van der Waals surface area contributed by atoms with Crippen molar-refractivity contribution in [2.24, 2.45) is 0 Å². The van der Waals surface area contributed by atoms with Gasteiger partial charge in [0.1, 0.15) is 0 Å². The van der Waals surface area contributed by atoms with Crippen LogP contribution in [0.15, 0.2) is 0 Å². The summed E-state index contributed by atoms with van der Waals surface area (Å²) in [6, 6.07) is 0. The van der Waals surface area contributed by atoms with Crippen molar-refractivity contribution in [3.05, 3.63) is 0 Å². The summed E-state index contributed by atoms with van der Waals surface area (Å²) in [6.07, 6.45) is 0. The van der Waals surface area contributed by atoms with Crippen LogP contribution >= 0.6 is 0 Å². The molecule has 0 spiro atoms. The van der Waals surface area contributed by atoms with E-state index in [1.54, 1.807) is 0 Å². The van der Waals surface area contributed by atoms with Crippen LogP contribution in [0.2, 0.25) is 0 Å². The van der Waals surface area contributed by atoms with Gasteiger partial charge in [0.15, 0.2) is 0 Å². The molecule has 0 bridgehead atoms. The molecule has 16 heteroatoms. The van der Waals surface area contributed by atoms with E-state index in [-0.39, 0.29) is 7.13 Å². The first-order chi connectivity index (χ1) is 6.93. The highest BCUT2D eigenvalue weighted by Crippen LogP contribution is 1.41. The van der Waals surface area contributed by atoms with Crippen molar-refractivity contribution in [1.29, 1.82) is 0 Å². The SMILES string of the molecule is OB(O)O.OB(O)O.OB(O)O.OB(O)O.[HH].[HH].[HH].[HH].[HH]. The third-order valence-corrected chi connectivity index (χ3v) is 0. The predicted octanol–water partition coefficient (Wildman–Crippen LogP) is -6.98. The van der Waals surface area contributed by atoms with Crippen molar-refractivity contribution in [1.82, 2.24) is 0 Å². The van der Waals surface area contributed by atoms with Crippen molar-refractivity contribution >= 4 is 29.3 Å². The molecule has 0 aromatic rings. The van der Waals surface area contributed by atoms with E-state index in [1.807, 2.05) is 0 Å². The van der Waals surface area contributed by atoms with Crippen LogP contribution in [0.1, 0.15) is 7.13 Å². The summed E-state index contributed by atoms with van der Waals surface area (Å²) < 4.78 is 0. The molecule has 0 atom stereocenters. The van der Waals surface area contributed by atoms with E-state index in [2.05, 4.69) is 0 Å². The van der Waals surface area contributed by atoms with Crippen LogP contribution in [0.5, 0.6) is 0 Å². The van der Waals surface area contributed by atoms with Gasteiger partial charge in [0.05, 0.1) is 0 Å². The Morgan fingerprint density at radius 1 is 0.312 bits per heavy atom. The molecular weight excluding hydrogens is 235 g/mol. The van der Waals surface area contributed by atoms with Gasteiger partial charge in [-0.05, 0) is 0 Å². The minimum atomic E-state index is -2.17. The second-order valence-electron chi connectivity index (χ2n) is 1.39. The zero-order valence-electron chi connectivity index (χ0n) is 7.68. The third-order valence-electron chi connectivity index (χ3n) is 0. The number of rotatable bonds is 0. The van der Waals surface area contributed by atoms with Crippen LogP contribution in [0.3, 0.4) is 0 Å². The van der Waals surface area contributed by atoms with E-state index in [0.29, 0.717) is 0 Å². The Labute approximate surface area is 98.1 Å². The Morgan fingerprint density at radius 2 is 0.312 bits per heavy atom. The van der Waals surface area contributed by atoms with Gasteiger partial charge in [0.2, 0.25) is 0 Å². The first-order valence-corrected chi connectivity index (χ1v) is 3.10. The van der Waals surface area contributed by atoms with Crippen molar-refractivity contribution in [2.45, 2.75) is 0 Å². The maximum atomic E-state index is 7.17. The van der Waals surface area contributed by atoms with Gasteiger partial charge in [-0.2, -0.15) is 0 Å².